The third kappa shape index (κ3) is 5.51. The Morgan fingerprint density at radius 3 is 2.48 bits per heavy atom. The zero-order chi connectivity index (χ0) is 23.4. The molecule has 1 aromatic heterocycles. The van der Waals surface area contributed by atoms with Crippen molar-refractivity contribution in [3.63, 3.8) is 0 Å². The van der Waals surface area contributed by atoms with Crippen molar-refractivity contribution in [2.75, 3.05) is 43.4 Å². The Labute approximate surface area is 194 Å². The van der Waals surface area contributed by atoms with E-state index in [1.54, 1.807) is 12.1 Å². The van der Waals surface area contributed by atoms with Crippen LogP contribution in [0.2, 0.25) is 0 Å². The van der Waals surface area contributed by atoms with Crippen molar-refractivity contribution < 1.29 is 9.59 Å². The zero-order valence-electron chi connectivity index (χ0n) is 19.1. The van der Waals surface area contributed by atoms with Crippen molar-refractivity contribution in [3.8, 4) is 0 Å². The molecule has 2 aliphatic heterocycles. The van der Waals surface area contributed by atoms with Gasteiger partial charge in [-0.3, -0.25) is 9.59 Å². The summed E-state index contributed by atoms with van der Waals surface area (Å²) in [4.78, 5) is 32.8. The number of nitrogens with one attached hydrogen (secondary N) is 2. The minimum atomic E-state index is -0.531. The number of nitrogens with two attached hydrogens (primary N) is 1. The molecule has 8 heteroatoms. The van der Waals surface area contributed by atoms with Crippen LogP contribution in [0.15, 0.2) is 49.1 Å². The molecule has 4 rings (SSSR count). The lowest BCUT2D eigenvalue weighted by atomic mass is 9.89. The Morgan fingerprint density at radius 1 is 1.09 bits per heavy atom. The predicted molar refractivity (Wildman–Crippen MR) is 131 cm³/mol. The van der Waals surface area contributed by atoms with Gasteiger partial charge in [0.25, 0.3) is 5.91 Å². The van der Waals surface area contributed by atoms with Crippen molar-refractivity contribution in [2.24, 2.45) is 5.73 Å². The maximum Gasteiger partial charge on any atom is 0.252 e. The number of aromatic nitrogens is 1. The van der Waals surface area contributed by atoms with Gasteiger partial charge < -0.3 is 26.2 Å². The molecule has 0 radical (unpaired) electrons. The van der Waals surface area contributed by atoms with Crippen LogP contribution in [-0.2, 0) is 4.79 Å². The summed E-state index contributed by atoms with van der Waals surface area (Å²) in [6.45, 7) is 7.15. The number of rotatable bonds is 7. The first kappa shape index (κ1) is 22.8. The molecule has 3 heterocycles. The van der Waals surface area contributed by atoms with Crippen LogP contribution in [0.3, 0.4) is 0 Å². The molecule has 0 aliphatic carbocycles. The number of carbonyl (C=O) groups excluding carboxylic acids is 2. The van der Waals surface area contributed by atoms with Gasteiger partial charge in [-0.05, 0) is 81.2 Å². The largest absolute Gasteiger partial charge is 0.365 e. The lowest BCUT2D eigenvalue weighted by molar-refractivity contribution is -0.117. The number of pyridine rings is 1. The number of piperidine rings is 1. The second-order valence-electron chi connectivity index (χ2n) is 8.90. The van der Waals surface area contributed by atoms with E-state index in [0.717, 1.165) is 37.6 Å². The second-order valence-corrected chi connectivity index (χ2v) is 8.90. The SMILES string of the molecule is C=CC(=O)NC1CCN(c2ccc(C(N)=O)c(Nc3ccc(C4CCN(C)CC4)cc3)n2)C1. The van der Waals surface area contributed by atoms with Gasteiger partial charge in [0.15, 0.2) is 0 Å². The fraction of sp³-hybridized carbons (Fsp3) is 0.400. The van der Waals surface area contributed by atoms with Crippen LogP contribution in [0.5, 0.6) is 0 Å². The van der Waals surface area contributed by atoms with Crippen LogP contribution in [0.4, 0.5) is 17.3 Å². The molecule has 2 fully saturated rings. The average molecular weight is 449 g/mol. The van der Waals surface area contributed by atoms with E-state index in [-0.39, 0.29) is 11.9 Å². The number of amides is 2. The van der Waals surface area contributed by atoms with Crippen molar-refractivity contribution in [1.82, 2.24) is 15.2 Å². The van der Waals surface area contributed by atoms with Crippen LogP contribution in [0.25, 0.3) is 0 Å². The highest BCUT2D eigenvalue weighted by atomic mass is 16.1. The molecule has 1 unspecified atom stereocenters. The number of benzene rings is 1. The molecule has 2 amide bonds. The van der Waals surface area contributed by atoms with Crippen LogP contribution in [0.1, 0.15) is 41.1 Å². The molecule has 2 saturated heterocycles. The third-order valence-electron chi connectivity index (χ3n) is 6.55. The number of hydrogen-bond donors (Lipinski definition) is 3. The molecule has 4 N–H and O–H groups in total. The van der Waals surface area contributed by atoms with Gasteiger partial charge in [-0.1, -0.05) is 18.7 Å². The number of hydrogen-bond acceptors (Lipinski definition) is 6. The van der Waals surface area contributed by atoms with E-state index in [4.69, 9.17) is 10.7 Å². The number of nitrogens with zero attached hydrogens (tertiary/aromatic N) is 3. The fourth-order valence-corrected chi connectivity index (χ4v) is 4.58. The van der Waals surface area contributed by atoms with Gasteiger partial charge in [-0.2, -0.15) is 0 Å². The number of likely N-dealkylation sites (tertiary alicyclic amines) is 1. The summed E-state index contributed by atoms with van der Waals surface area (Å²) >= 11 is 0. The Bertz CT molecular complexity index is 1010. The highest BCUT2D eigenvalue weighted by Gasteiger charge is 2.25. The van der Waals surface area contributed by atoms with Crippen molar-refractivity contribution in [1.29, 1.82) is 0 Å². The van der Waals surface area contributed by atoms with Crippen molar-refractivity contribution in [3.05, 3.63) is 60.2 Å². The molecule has 8 nitrogen and oxygen atoms in total. The predicted octanol–water partition coefficient (Wildman–Crippen LogP) is 2.61. The molecule has 174 valence electrons. The Morgan fingerprint density at radius 2 is 1.82 bits per heavy atom. The van der Waals surface area contributed by atoms with E-state index in [2.05, 4.69) is 46.2 Å². The van der Waals surface area contributed by atoms with Gasteiger partial charge in [0.2, 0.25) is 5.91 Å². The molecule has 1 atom stereocenters. The van der Waals surface area contributed by atoms with E-state index in [1.807, 2.05) is 12.1 Å². The smallest absolute Gasteiger partial charge is 0.252 e. The molecular formula is C25H32N6O2. The first-order valence-electron chi connectivity index (χ1n) is 11.5. The van der Waals surface area contributed by atoms with Gasteiger partial charge in [0, 0.05) is 24.8 Å². The van der Waals surface area contributed by atoms with E-state index in [9.17, 15) is 9.59 Å². The Hall–Kier alpha value is -3.39. The molecule has 1 aromatic carbocycles. The van der Waals surface area contributed by atoms with E-state index < -0.39 is 5.91 Å². The maximum atomic E-state index is 12.0. The van der Waals surface area contributed by atoms with Crippen LogP contribution in [-0.4, -0.2) is 61.0 Å². The number of primary amides is 1. The summed E-state index contributed by atoms with van der Waals surface area (Å²) in [5, 5.41) is 6.21. The molecule has 0 spiro atoms. The summed E-state index contributed by atoms with van der Waals surface area (Å²) in [5.74, 6) is 1.05. The van der Waals surface area contributed by atoms with Gasteiger partial charge in [0.05, 0.1) is 5.56 Å². The second kappa shape index (κ2) is 10.0. The summed E-state index contributed by atoms with van der Waals surface area (Å²) < 4.78 is 0. The molecule has 2 aliphatic rings. The quantitative estimate of drug-likeness (QED) is 0.563. The minimum absolute atomic E-state index is 0.0386. The van der Waals surface area contributed by atoms with Gasteiger partial charge in [-0.25, -0.2) is 4.98 Å². The highest BCUT2D eigenvalue weighted by molar-refractivity contribution is 5.98. The molecular weight excluding hydrogens is 416 g/mol. The molecule has 33 heavy (non-hydrogen) atoms. The minimum Gasteiger partial charge on any atom is -0.365 e. The van der Waals surface area contributed by atoms with Crippen molar-refractivity contribution >= 4 is 29.1 Å². The molecule has 0 saturated carbocycles. The van der Waals surface area contributed by atoms with Crippen LogP contribution >= 0.6 is 0 Å². The number of carbonyl (C=O) groups is 2. The Kier molecular flexibility index (Phi) is 6.93. The number of anilines is 3. The fourth-order valence-electron chi connectivity index (χ4n) is 4.58. The summed E-state index contributed by atoms with van der Waals surface area (Å²) in [7, 11) is 2.17. The average Bonchev–Trinajstić information content (AvgIpc) is 3.28. The van der Waals surface area contributed by atoms with Gasteiger partial charge >= 0.3 is 0 Å². The lowest BCUT2D eigenvalue weighted by Gasteiger charge is -2.29. The summed E-state index contributed by atoms with van der Waals surface area (Å²) in [6.07, 6.45) is 4.44. The topological polar surface area (TPSA) is 104 Å². The first-order chi connectivity index (χ1) is 15.9. The van der Waals surface area contributed by atoms with E-state index in [0.29, 0.717) is 23.8 Å². The third-order valence-corrected chi connectivity index (χ3v) is 6.55. The first-order valence-corrected chi connectivity index (χ1v) is 11.5. The van der Waals surface area contributed by atoms with Gasteiger partial charge in [-0.15, -0.1) is 0 Å². The maximum absolute atomic E-state index is 12.0. The summed E-state index contributed by atoms with van der Waals surface area (Å²) in [6, 6.07) is 11.9. The molecule has 2 aromatic rings. The lowest BCUT2D eigenvalue weighted by Crippen LogP contribution is -2.36. The van der Waals surface area contributed by atoms with Crippen molar-refractivity contribution in [2.45, 2.75) is 31.2 Å². The van der Waals surface area contributed by atoms with Gasteiger partial charge in [0.1, 0.15) is 11.6 Å². The zero-order valence-corrected chi connectivity index (χ0v) is 19.1. The standard InChI is InChI=1S/C25H32N6O2/c1-3-23(32)27-20-12-15-31(16-20)22-9-8-21(24(26)33)25(29-22)28-19-6-4-17(5-7-19)18-10-13-30(2)14-11-18/h3-9,18,20H,1,10-16H2,2H3,(H2,26,33)(H,27,32)(H,28,29). The monoisotopic (exact) mass is 448 g/mol. The van der Waals surface area contributed by atoms with E-state index in [1.165, 1.54) is 24.5 Å². The summed E-state index contributed by atoms with van der Waals surface area (Å²) in [5.41, 5.74) is 8.15. The Balaban J connectivity index is 1.48. The van der Waals surface area contributed by atoms with E-state index >= 15 is 0 Å². The van der Waals surface area contributed by atoms with Crippen LogP contribution < -0.4 is 21.3 Å². The highest BCUT2D eigenvalue weighted by Crippen LogP contribution is 2.30. The normalized spacial score (nSPS) is 19.3. The van der Waals surface area contributed by atoms with Crippen LogP contribution in [0, 0.1) is 0 Å². The molecule has 0 bridgehead atoms.